The van der Waals surface area contributed by atoms with E-state index in [9.17, 15) is 5.26 Å². The Balaban J connectivity index is 1.24. The molecule has 5 atom stereocenters. The third kappa shape index (κ3) is 4.98. The van der Waals surface area contributed by atoms with Crippen molar-refractivity contribution in [2.24, 2.45) is 23.7 Å². The van der Waals surface area contributed by atoms with Crippen LogP contribution in [-0.2, 0) is 5.41 Å². The Morgan fingerprint density at radius 1 is 0.566 bits per heavy atom. The van der Waals surface area contributed by atoms with Crippen LogP contribution in [0.25, 0.3) is 67.2 Å². The molecule has 1 heterocycles. The first-order chi connectivity index (χ1) is 26.0. The molecule has 1 aromatic heterocycles. The van der Waals surface area contributed by atoms with E-state index < -0.39 is 0 Å². The molecule has 0 N–H and O–H groups in total. The lowest BCUT2D eigenvalue weighted by Gasteiger charge is -2.54. The molecule has 4 heteroatoms. The Morgan fingerprint density at radius 2 is 1.25 bits per heavy atom. The van der Waals surface area contributed by atoms with E-state index in [2.05, 4.69) is 135 Å². The van der Waals surface area contributed by atoms with Gasteiger partial charge in [0.25, 0.3) is 0 Å². The molecule has 0 radical (unpaired) electrons. The summed E-state index contributed by atoms with van der Waals surface area (Å²) in [6.45, 7) is 4.98. The van der Waals surface area contributed by atoms with Crippen molar-refractivity contribution in [3.8, 4) is 62.5 Å². The van der Waals surface area contributed by atoms with E-state index in [0.29, 0.717) is 35.0 Å². The molecule has 3 aliphatic rings. The second kappa shape index (κ2) is 12.3. The smallest absolute Gasteiger partial charge is 0.164 e. The Bertz CT molecular complexity index is 2570. The molecule has 2 fully saturated rings. The molecule has 6 aromatic carbocycles. The standard InChI is InChI=1S/C49H40N4/c1-30-24-33-26-31(2)49(38(25-30)27-33)44-23-22-37(34-20-18-32(29-50)19-21-34)28-43(44)40-15-9-17-42(45(40)49)48-52-46(36-11-4-3-5-12-36)51-47(53-48)41-16-8-13-35-10-6-7-14-39(35)41/h3-23,28,30-31,33,38H,24-27H2,1-2H3. The molecule has 7 aromatic rings. The number of aromatic nitrogens is 3. The summed E-state index contributed by atoms with van der Waals surface area (Å²) < 4.78 is 0. The normalized spacial score (nSPS) is 22.7. The van der Waals surface area contributed by atoms with Crippen LogP contribution in [0.3, 0.4) is 0 Å². The Kier molecular flexibility index (Phi) is 7.41. The van der Waals surface area contributed by atoms with Crippen LogP contribution in [0.5, 0.6) is 0 Å². The summed E-state index contributed by atoms with van der Waals surface area (Å²) >= 11 is 0. The van der Waals surface area contributed by atoms with E-state index in [1.54, 1.807) is 0 Å². The summed E-state index contributed by atoms with van der Waals surface area (Å²) in [6, 6.07) is 49.4. The summed E-state index contributed by atoms with van der Waals surface area (Å²) in [7, 11) is 0. The number of nitrogens with zero attached hydrogens (tertiary/aromatic N) is 4. The first kappa shape index (κ1) is 31.8. The number of hydrogen-bond acceptors (Lipinski definition) is 4. The van der Waals surface area contributed by atoms with Crippen LogP contribution in [-0.4, -0.2) is 15.0 Å². The topological polar surface area (TPSA) is 62.5 Å². The van der Waals surface area contributed by atoms with Crippen molar-refractivity contribution in [1.82, 2.24) is 15.0 Å². The van der Waals surface area contributed by atoms with Gasteiger partial charge in [-0.3, -0.25) is 0 Å². The third-order valence-corrected chi connectivity index (χ3v) is 12.7. The third-order valence-electron chi connectivity index (χ3n) is 12.7. The van der Waals surface area contributed by atoms with Crippen molar-refractivity contribution in [3.63, 3.8) is 0 Å². The van der Waals surface area contributed by atoms with E-state index in [0.717, 1.165) is 39.4 Å². The largest absolute Gasteiger partial charge is 0.208 e. The van der Waals surface area contributed by atoms with Crippen LogP contribution in [0.2, 0.25) is 0 Å². The predicted octanol–water partition coefficient (Wildman–Crippen LogP) is 11.9. The molecule has 0 aliphatic heterocycles. The minimum Gasteiger partial charge on any atom is -0.208 e. The van der Waals surface area contributed by atoms with Gasteiger partial charge in [0.2, 0.25) is 0 Å². The minimum absolute atomic E-state index is 0.158. The van der Waals surface area contributed by atoms with Gasteiger partial charge in [-0.2, -0.15) is 5.26 Å². The highest BCUT2D eigenvalue weighted by Gasteiger charge is 2.57. The summed E-state index contributed by atoms with van der Waals surface area (Å²) in [5, 5.41) is 11.8. The van der Waals surface area contributed by atoms with Crippen LogP contribution in [0.1, 0.15) is 56.2 Å². The number of rotatable bonds is 4. The zero-order chi connectivity index (χ0) is 35.7. The highest BCUT2D eigenvalue weighted by Crippen LogP contribution is 2.66. The van der Waals surface area contributed by atoms with Crippen LogP contribution < -0.4 is 0 Å². The number of hydrogen-bond donors (Lipinski definition) is 0. The molecule has 4 nitrogen and oxygen atoms in total. The van der Waals surface area contributed by atoms with Gasteiger partial charge >= 0.3 is 0 Å². The SMILES string of the molecule is CC1CC2CC(C)C3(c4ccc(-c5ccc(C#N)cc5)cc4-c4cccc(-c5nc(-c6ccccc6)nc(-c6cccc7ccccc67)n5)c43)C(C1)C2. The van der Waals surface area contributed by atoms with Gasteiger partial charge in [0.05, 0.1) is 11.6 Å². The van der Waals surface area contributed by atoms with Crippen molar-refractivity contribution in [3.05, 3.63) is 150 Å². The van der Waals surface area contributed by atoms with Gasteiger partial charge in [0, 0.05) is 22.1 Å². The molecule has 10 rings (SSSR count). The minimum atomic E-state index is -0.158. The van der Waals surface area contributed by atoms with E-state index in [-0.39, 0.29) is 5.41 Å². The van der Waals surface area contributed by atoms with Gasteiger partial charge in [-0.1, -0.05) is 129 Å². The number of nitriles is 1. The molecule has 0 saturated heterocycles. The molecule has 0 amide bonds. The highest BCUT2D eigenvalue weighted by molar-refractivity contribution is 5.96. The van der Waals surface area contributed by atoms with Crippen molar-refractivity contribution >= 4 is 10.8 Å². The molecular weight excluding hydrogens is 645 g/mol. The van der Waals surface area contributed by atoms with E-state index in [1.165, 1.54) is 58.9 Å². The van der Waals surface area contributed by atoms with Gasteiger partial charge in [0.15, 0.2) is 17.5 Å². The second-order valence-corrected chi connectivity index (χ2v) is 15.8. The van der Waals surface area contributed by atoms with Crippen molar-refractivity contribution in [1.29, 1.82) is 5.26 Å². The van der Waals surface area contributed by atoms with Crippen LogP contribution in [0.15, 0.2) is 133 Å². The van der Waals surface area contributed by atoms with E-state index >= 15 is 0 Å². The lowest BCUT2D eigenvalue weighted by atomic mass is 9.49. The fraction of sp³-hybridized carbons (Fsp3) is 0.224. The maximum atomic E-state index is 9.46. The van der Waals surface area contributed by atoms with Crippen LogP contribution >= 0.6 is 0 Å². The molecule has 256 valence electrons. The van der Waals surface area contributed by atoms with Crippen LogP contribution in [0, 0.1) is 35.0 Å². The second-order valence-electron chi connectivity index (χ2n) is 15.8. The Morgan fingerprint density at radius 3 is 2.08 bits per heavy atom. The zero-order valence-corrected chi connectivity index (χ0v) is 30.1. The van der Waals surface area contributed by atoms with Crippen molar-refractivity contribution in [2.45, 2.75) is 44.9 Å². The van der Waals surface area contributed by atoms with Gasteiger partial charge in [-0.25, -0.2) is 15.0 Å². The fourth-order valence-electron chi connectivity index (χ4n) is 10.7. The maximum Gasteiger partial charge on any atom is 0.164 e. The zero-order valence-electron chi connectivity index (χ0n) is 30.1. The quantitative estimate of drug-likeness (QED) is 0.185. The summed E-state index contributed by atoms with van der Waals surface area (Å²) in [6.07, 6.45) is 5.03. The summed E-state index contributed by atoms with van der Waals surface area (Å²) in [5.74, 6) is 4.55. The lowest BCUT2D eigenvalue weighted by molar-refractivity contribution is 0.0428. The number of benzene rings is 6. The van der Waals surface area contributed by atoms with Gasteiger partial charge in [-0.05, 0) is 112 Å². The lowest BCUT2D eigenvalue weighted by Crippen LogP contribution is -2.49. The van der Waals surface area contributed by atoms with E-state index in [4.69, 9.17) is 15.0 Å². The van der Waals surface area contributed by atoms with Gasteiger partial charge in [0.1, 0.15) is 0 Å². The highest BCUT2D eigenvalue weighted by atomic mass is 15.0. The van der Waals surface area contributed by atoms with Crippen LogP contribution in [0.4, 0.5) is 0 Å². The first-order valence-corrected chi connectivity index (χ1v) is 19.1. The molecule has 2 bridgehead atoms. The number of fused-ring (bicyclic) bond motifs is 9. The van der Waals surface area contributed by atoms with E-state index in [1.807, 2.05) is 18.2 Å². The fourth-order valence-corrected chi connectivity index (χ4v) is 10.7. The summed E-state index contributed by atoms with van der Waals surface area (Å²) in [5.41, 5.74) is 11.4. The molecular formula is C49H40N4. The van der Waals surface area contributed by atoms with Gasteiger partial charge < -0.3 is 0 Å². The Hall–Kier alpha value is -5.92. The molecule has 5 unspecified atom stereocenters. The monoisotopic (exact) mass is 684 g/mol. The molecule has 1 spiro atoms. The average molecular weight is 685 g/mol. The maximum absolute atomic E-state index is 9.46. The average Bonchev–Trinajstić information content (AvgIpc) is 3.51. The molecule has 3 aliphatic carbocycles. The van der Waals surface area contributed by atoms with Crippen molar-refractivity contribution < 1.29 is 0 Å². The van der Waals surface area contributed by atoms with Gasteiger partial charge in [-0.15, -0.1) is 0 Å². The first-order valence-electron chi connectivity index (χ1n) is 19.1. The Labute approximate surface area is 311 Å². The summed E-state index contributed by atoms with van der Waals surface area (Å²) in [4.78, 5) is 15.9. The van der Waals surface area contributed by atoms with Crippen molar-refractivity contribution in [2.75, 3.05) is 0 Å². The predicted molar refractivity (Wildman–Crippen MR) is 214 cm³/mol. The molecule has 53 heavy (non-hydrogen) atoms. The molecule has 2 saturated carbocycles.